The minimum atomic E-state index is -4.68. The van der Waals surface area contributed by atoms with Crippen molar-refractivity contribution in [2.75, 3.05) is 58.2 Å². The van der Waals surface area contributed by atoms with Gasteiger partial charge in [-0.25, -0.2) is 17.7 Å². The summed E-state index contributed by atoms with van der Waals surface area (Å²) in [6.45, 7) is 1.68. The molecule has 1 aromatic heterocycles. The molecule has 2 N–H and O–H groups in total. The van der Waals surface area contributed by atoms with Crippen LogP contribution in [0.25, 0.3) is 0 Å². The zero-order valence-electron chi connectivity index (χ0n) is 26.4. The SMILES string of the molecule is C.CN(C)S(C)(=O)=O.COc1cc(NC(=O)C2CCCN(C)C2)ccc1Nc1ncc(C(F)(F)F)c(OC2Cc3ccccc3C2)n1. The van der Waals surface area contributed by atoms with Gasteiger partial charge in [-0.2, -0.15) is 18.2 Å². The van der Waals surface area contributed by atoms with Gasteiger partial charge in [-0.05, 0) is 49.7 Å². The number of hydrogen-bond donors (Lipinski definition) is 2. The van der Waals surface area contributed by atoms with Gasteiger partial charge in [-0.1, -0.05) is 31.7 Å². The van der Waals surface area contributed by atoms with Crippen LogP contribution in [0.3, 0.4) is 0 Å². The summed E-state index contributed by atoms with van der Waals surface area (Å²) >= 11 is 0. The molecule has 0 radical (unpaired) electrons. The number of likely N-dealkylation sites (tertiary alicyclic amines) is 1. The number of alkyl halides is 3. The first kappa shape index (κ1) is 37.5. The van der Waals surface area contributed by atoms with Gasteiger partial charge in [0.15, 0.2) is 0 Å². The van der Waals surface area contributed by atoms with E-state index in [0.29, 0.717) is 36.5 Å². The molecule has 2 aromatic carbocycles. The largest absolute Gasteiger partial charge is 0.494 e. The molecule has 1 fully saturated rings. The van der Waals surface area contributed by atoms with Gasteiger partial charge in [0.2, 0.25) is 27.8 Å². The van der Waals surface area contributed by atoms with Crippen LogP contribution in [-0.4, -0.2) is 87.2 Å². The Kier molecular flexibility index (Phi) is 12.6. The van der Waals surface area contributed by atoms with Crippen LogP contribution >= 0.6 is 0 Å². The molecule has 3 aromatic rings. The fourth-order valence-electron chi connectivity index (χ4n) is 5.09. The van der Waals surface area contributed by atoms with Crippen LogP contribution in [-0.2, 0) is 33.8 Å². The van der Waals surface area contributed by atoms with E-state index in [1.807, 2.05) is 31.3 Å². The summed E-state index contributed by atoms with van der Waals surface area (Å²) in [5.41, 5.74) is 2.04. The summed E-state index contributed by atoms with van der Waals surface area (Å²) in [5.74, 6) is -0.400. The average Bonchev–Trinajstić information content (AvgIpc) is 3.39. The van der Waals surface area contributed by atoms with Crippen molar-refractivity contribution in [1.82, 2.24) is 19.2 Å². The van der Waals surface area contributed by atoms with E-state index in [9.17, 15) is 26.4 Å². The van der Waals surface area contributed by atoms with Crippen molar-refractivity contribution in [3.05, 3.63) is 65.4 Å². The van der Waals surface area contributed by atoms with Crippen LogP contribution in [0.15, 0.2) is 48.7 Å². The Hall–Kier alpha value is -3.95. The number of sulfonamides is 1. The first-order valence-corrected chi connectivity index (χ1v) is 16.5. The molecule has 0 bridgehead atoms. The number of benzene rings is 2. The number of ether oxygens (including phenoxy) is 2. The monoisotopic (exact) mass is 680 g/mol. The molecule has 47 heavy (non-hydrogen) atoms. The van der Waals surface area contributed by atoms with E-state index in [-0.39, 0.29) is 25.2 Å². The van der Waals surface area contributed by atoms with Gasteiger partial charge in [-0.3, -0.25) is 4.79 Å². The average molecular weight is 681 g/mol. The third kappa shape index (κ3) is 10.3. The molecule has 2 aliphatic rings. The first-order chi connectivity index (χ1) is 21.6. The Morgan fingerprint density at radius 3 is 2.30 bits per heavy atom. The minimum Gasteiger partial charge on any atom is -0.494 e. The number of anilines is 3. The highest BCUT2D eigenvalue weighted by Crippen LogP contribution is 2.38. The molecule has 2 heterocycles. The van der Waals surface area contributed by atoms with E-state index in [1.165, 1.54) is 21.2 Å². The Bertz CT molecular complexity index is 1610. The summed E-state index contributed by atoms with van der Waals surface area (Å²) in [4.78, 5) is 22.8. The van der Waals surface area contributed by atoms with Crippen molar-refractivity contribution < 1.29 is 35.9 Å². The van der Waals surface area contributed by atoms with E-state index in [0.717, 1.165) is 47.3 Å². The molecule has 1 atom stereocenters. The number of methoxy groups -OCH3 is 1. The van der Waals surface area contributed by atoms with E-state index in [4.69, 9.17) is 9.47 Å². The fraction of sp³-hybridized carbons (Fsp3) is 0.469. The van der Waals surface area contributed by atoms with Crippen molar-refractivity contribution in [3.8, 4) is 11.6 Å². The second kappa shape index (κ2) is 15.8. The van der Waals surface area contributed by atoms with Gasteiger partial charge in [0, 0.05) is 51.4 Å². The maximum atomic E-state index is 13.7. The number of piperidine rings is 1. The van der Waals surface area contributed by atoms with E-state index in [1.54, 1.807) is 18.2 Å². The number of rotatable bonds is 8. The molecular formula is C32H43F3N6O5S. The lowest BCUT2D eigenvalue weighted by atomic mass is 9.97. The van der Waals surface area contributed by atoms with Gasteiger partial charge >= 0.3 is 6.18 Å². The molecule has 1 saturated heterocycles. The number of carbonyl (C=O) groups excluding carboxylic acids is 1. The number of aromatic nitrogens is 2. The predicted molar refractivity (Wildman–Crippen MR) is 176 cm³/mol. The topological polar surface area (TPSA) is 126 Å². The predicted octanol–water partition coefficient (Wildman–Crippen LogP) is 5.22. The molecule has 0 spiro atoms. The first-order valence-electron chi connectivity index (χ1n) is 14.6. The van der Waals surface area contributed by atoms with E-state index in [2.05, 4.69) is 25.5 Å². The number of halogens is 3. The number of amides is 1. The molecule has 11 nitrogen and oxygen atoms in total. The number of carbonyl (C=O) groups is 1. The molecule has 5 rings (SSSR count). The lowest BCUT2D eigenvalue weighted by molar-refractivity contribution is -0.139. The molecule has 1 aliphatic heterocycles. The van der Waals surface area contributed by atoms with Crippen LogP contribution in [0, 0.1) is 5.92 Å². The third-order valence-electron chi connectivity index (χ3n) is 7.73. The molecular weight excluding hydrogens is 637 g/mol. The maximum Gasteiger partial charge on any atom is 0.423 e. The summed E-state index contributed by atoms with van der Waals surface area (Å²) < 4.78 is 74.1. The Labute approximate surface area is 274 Å². The molecule has 15 heteroatoms. The summed E-state index contributed by atoms with van der Waals surface area (Å²) in [6, 6.07) is 12.7. The number of nitrogens with one attached hydrogen (secondary N) is 2. The van der Waals surface area contributed by atoms with Gasteiger partial charge in [0.25, 0.3) is 0 Å². The quantitative estimate of drug-likeness (QED) is 0.330. The lowest BCUT2D eigenvalue weighted by Crippen LogP contribution is -2.38. The number of hydrogen-bond acceptors (Lipinski definition) is 9. The Morgan fingerprint density at radius 1 is 1.11 bits per heavy atom. The second-order valence-electron chi connectivity index (χ2n) is 11.5. The molecule has 1 amide bonds. The highest BCUT2D eigenvalue weighted by atomic mass is 32.2. The van der Waals surface area contributed by atoms with E-state index >= 15 is 0 Å². The summed E-state index contributed by atoms with van der Waals surface area (Å²) in [5, 5.41) is 5.85. The molecule has 1 unspecified atom stereocenters. The zero-order chi connectivity index (χ0) is 33.6. The van der Waals surface area contributed by atoms with Crippen molar-refractivity contribution in [2.24, 2.45) is 5.92 Å². The van der Waals surface area contributed by atoms with Crippen LogP contribution in [0.1, 0.15) is 37.0 Å². The van der Waals surface area contributed by atoms with Crippen molar-refractivity contribution in [1.29, 1.82) is 0 Å². The van der Waals surface area contributed by atoms with Crippen LogP contribution in [0.4, 0.5) is 30.5 Å². The highest BCUT2D eigenvalue weighted by Gasteiger charge is 2.37. The molecule has 0 saturated carbocycles. The van der Waals surface area contributed by atoms with Crippen LogP contribution in [0.5, 0.6) is 11.6 Å². The van der Waals surface area contributed by atoms with E-state index < -0.39 is 33.7 Å². The second-order valence-corrected chi connectivity index (χ2v) is 13.7. The summed E-state index contributed by atoms with van der Waals surface area (Å²) in [7, 11) is 3.54. The smallest absolute Gasteiger partial charge is 0.423 e. The van der Waals surface area contributed by atoms with Gasteiger partial charge in [0.05, 0.1) is 25.0 Å². The third-order valence-corrected chi connectivity index (χ3v) is 9.05. The number of fused-ring (bicyclic) bond motifs is 1. The zero-order valence-corrected chi connectivity index (χ0v) is 27.2. The number of nitrogens with zero attached hydrogens (tertiary/aromatic N) is 4. The van der Waals surface area contributed by atoms with Gasteiger partial charge < -0.3 is 25.0 Å². The van der Waals surface area contributed by atoms with Crippen molar-refractivity contribution >= 4 is 33.3 Å². The van der Waals surface area contributed by atoms with Crippen LogP contribution in [0.2, 0.25) is 0 Å². The Morgan fingerprint density at radius 2 is 1.74 bits per heavy atom. The van der Waals surface area contributed by atoms with Gasteiger partial charge in [0.1, 0.15) is 17.4 Å². The normalized spacial score (nSPS) is 16.7. The van der Waals surface area contributed by atoms with Crippen LogP contribution < -0.4 is 20.1 Å². The molecule has 258 valence electrons. The summed E-state index contributed by atoms with van der Waals surface area (Å²) in [6.07, 6.45) is -0.473. The minimum absolute atomic E-state index is 0. The molecule has 1 aliphatic carbocycles. The fourth-order valence-corrected chi connectivity index (χ4v) is 5.09. The maximum absolute atomic E-state index is 13.7. The van der Waals surface area contributed by atoms with Crippen molar-refractivity contribution in [3.63, 3.8) is 0 Å². The van der Waals surface area contributed by atoms with Crippen molar-refractivity contribution in [2.45, 2.75) is 45.4 Å². The Balaban J connectivity index is 0.000000677. The lowest BCUT2D eigenvalue weighted by Gasteiger charge is -2.28. The standard InChI is InChI=1S/C28H30F3N5O3.C3H9NO2S.CH4/c1-36-11-5-8-19(16-36)25(37)33-20-9-10-23(24(14-20)38-2)34-27-32-15-22(28(29,30)31)26(35-27)39-21-12-17-6-3-4-7-18(17)13-21;1-4(2)7(3,5)6;/h3-4,6-7,9-10,14-15,19,21H,5,8,11-13,16H2,1-2H3,(H,33,37)(H,32,34,35);1-3H3;1H4. The highest BCUT2D eigenvalue weighted by molar-refractivity contribution is 7.88. The van der Waals surface area contributed by atoms with Gasteiger partial charge in [-0.15, -0.1) is 0 Å².